The maximum absolute atomic E-state index is 8.47. The normalized spacial score (nSPS) is 25.1. The summed E-state index contributed by atoms with van der Waals surface area (Å²) in [5.41, 5.74) is -0.0922. The highest BCUT2D eigenvalue weighted by atomic mass is 32.2. The molecule has 0 unspecified atom stereocenters. The highest BCUT2D eigenvalue weighted by Gasteiger charge is 2.31. The minimum Gasteiger partial charge on any atom is -0.379 e. The van der Waals surface area contributed by atoms with Crippen LogP contribution in [0.2, 0.25) is 0 Å². The molecule has 0 radical (unpaired) electrons. The number of thiocyanates is 1. The first-order valence-corrected chi connectivity index (χ1v) is 16.5. The molecular weight excluding hydrogens is 562 g/mol. The van der Waals surface area contributed by atoms with Gasteiger partial charge in [0.25, 0.3) is 0 Å². The molecular formula is C27H55N9O3S2. The van der Waals surface area contributed by atoms with Gasteiger partial charge in [-0.05, 0) is 36.8 Å². The van der Waals surface area contributed by atoms with E-state index in [-0.39, 0.29) is 11.0 Å². The molecule has 0 atom stereocenters. The SMILES string of the molecule is CC12CNCCNCC(NC(=S)NCCCOCCOCCOCCCSC#N)(CNCCNC1)CNCCNC2. The molecule has 0 saturated carbocycles. The zero-order valence-electron chi connectivity index (χ0n) is 25.0. The molecule has 2 bridgehead atoms. The van der Waals surface area contributed by atoms with Gasteiger partial charge in [-0.3, -0.25) is 0 Å². The van der Waals surface area contributed by atoms with Crippen LogP contribution in [0.15, 0.2) is 0 Å². The van der Waals surface area contributed by atoms with Crippen molar-refractivity contribution in [3.63, 3.8) is 0 Å². The summed E-state index contributed by atoms with van der Waals surface area (Å²) >= 11 is 6.98. The number of thioether (sulfide) groups is 1. The number of ether oxygens (including phenoxy) is 3. The maximum atomic E-state index is 8.47. The smallest absolute Gasteiger partial charge is 0.166 e. The Morgan fingerprint density at radius 3 is 1.66 bits per heavy atom. The molecule has 14 heteroatoms. The van der Waals surface area contributed by atoms with Crippen LogP contribution in [0.3, 0.4) is 0 Å². The van der Waals surface area contributed by atoms with E-state index >= 15 is 0 Å². The first-order valence-electron chi connectivity index (χ1n) is 15.1. The van der Waals surface area contributed by atoms with Crippen LogP contribution in [0.5, 0.6) is 0 Å². The van der Waals surface area contributed by atoms with Crippen molar-refractivity contribution in [3.05, 3.63) is 0 Å². The molecule has 12 nitrogen and oxygen atoms in total. The molecule has 3 saturated heterocycles. The van der Waals surface area contributed by atoms with Crippen LogP contribution in [0.1, 0.15) is 19.8 Å². The van der Waals surface area contributed by atoms with Crippen molar-refractivity contribution in [1.29, 1.82) is 5.26 Å². The van der Waals surface area contributed by atoms with Gasteiger partial charge in [0.1, 0.15) is 5.40 Å². The largest absolute Gasteiger partial charge is 0.379 e. The number of nitriles is 1. The van der Waals surface area contributed by atoms with Gasteiger partial charge in [-0.1, -0.05) is 6.92 Å². The molecule has 0 spiro atoms. The standard InChI is InChI=1S/C27H55N9O3S2/c1-26-18-29-5-8-32-21-27(22-33-9-6-30-19-26,23-34-10-7-31-20-26)36-25(40)35-4-2-11-37-13-15-39-16-14-38-12-3-17-41-24-28/h29-34H,2-23H2,1H3,(H2,35,36,40). The third kappa shape index (κ3) is 18.4. The van der Waals surface area contributed by atoms with Gasteiger partial charge in [0.05, 0.1) is 32.0 Å². The lowest BCUT2D eigenvalue weighted by Gasteiger charge is -2.38. The van der Waals surface area contributed by atoms with Crippen molar-refractivity contribution in [2.75, 3.05) is 130 Å². The summed E-state index contributed by atoms with van der Waals surface area (Å²) in [5.74, 6) is 0.806. The minimum atomic E-state index is -0.264. The molecule has 0 amide bonds. The number of thiocarbonyl (C=S) groups is 1. The van der Waals surface area contributed by atoms with Gasteiger partial charge in [-0.25, -0.2) is 0 Å². The summed E-state index contributed by atoms with van der Waals surface area (Å²) in [5, 5.41) is 40.1. The van der Waals surface area contributed by atoms with Crippen molar-refractivity contribution in [2.24, 2.45) is 5.41 Å². The summed E-state index contributed by atoms with van der Waals surface area (Å²) in [6.07, 6.45) is 1.74. The topological polar surface area (TPSA) is 148 Å². The summed E-state index contributed by atoms with van der Waals surface area (Å²) in [6, 6.07) is 0. The molecule has 3 aliphatic heterocycles. The predicted molar refractivity (Wildman–Crippen MR) is 172 cm³/mol. The van der Waals surface area contributed by atoms with E-state index in [2.05, 4.69) is 54.9 Å². The van der Waals surface area contributed by atoms with Crippen molar-refractivity contribution < 1.29 is 14.2 Å². The van der Waals surface area contributed by atoms with E-state index in [4.69, 9.17) is 31.7 Å². The fourth-order valence-electron chi connectivity index (χ4n) is 4.67. The van der Waals surface area contributed by atoms with Crippen molar-refractivity contribution in [1.82, 2.24) is 42.5 Å². The average Bonchev–Trinajstić information content (AvgIpc) is 2.96. The predicted octanol–water partition coefficient (Wildman–Crippen LogP) is -1.20. The Labute approximate surface area is 257 Å². The van der Waals surface area contributed by atoms with Gasteiger partial charge in [-0.2, -0.15) is 5.26 Å². The highest BCUT2D eigenvalue weighted by Crippen LogP contribution is 2.12. The third-order valence-electron chi connectivity index (χ3n) is 6.95. The zero-order valence-corrected chi connectivity index (χ0v) is 26.7. The second-order valence-electron chi connectivity index (χ2n) is 11.0. The van der Waals surface area contributed by atoms with E-state index in [1.54, 1.807) is 0 Å². The summed E-state index contributed by atoms with van der Waals surface area (Å²) in [7, 11) is 0. The first kappa shape index (κ1) is 36.4. The molecule has 3 heterocycles. The molecule has 8 N–H and O–H groups in total. The third-order valence-corrected chi connectivity index (χ3v) is 7.82. The number of hydrogen-bond acceptors (Lipinski definition) is 12. The Kier molecular flexibility index (Phi) is 20.9. The number of fused-ring (bicyclic) bond motifs is 15. The van der Waals surface area contributed by atoms with Crippen molar-refractivity contribution >= 4 is 29.1 Å². The second-order valence-corrected chi connectivity index (χ2v) is 12.3. The van der Waals surface area contributed by atoms with Crippen LogP contribution in [0.25, 0.3) is 0 Å². The molecule has 0 aromatic heterocycles. The van der Waals surface area contributed by atoms with E-state index < -0.39 is 0 Å². The monoisotopic (exact) mass is 617 g/mol. The molecule has 0 aromatic rings. The zero-order chi connectivity index (χ0) is 29.3. The van der Waals surface area contributed by atoms with Gasteiger partial charge < -0.3 is 56.7 Å². The van der Waals surface area contributed by atoms with Gasteiger partial charge >= 0.3 is 0 Å². The van der Waals surface area contributed by atoms with E-state index in [0.717, 1.165) is 104 Å². The number of nitrogens with zero attached hydrogens (tertiary/aromatic N) is 1. The maximum Gasteiger partial charge on any atom is 0.166 e. The lowest BCUT2D eigenvalue weighted by Crippen LogP contribution is -2.67. The Morgan fingerprint density at radius 2 is 1.17 bits per heavy atom. The fourth-order valence-corrected chi connectivity index (χ4v) is 5.35. The van der Waals surface area contributed by atoms with Crippen LogP contribution in [-0.4, -0.2) is 141 Å². The second kappa shape index (κ2) is 23.6. The van der Waals surface area contributed by atoms with Crippen molar-refractivity contribution in [3.8, 4) is 5.40 Å². The summed E-state index contributed by atoms with van der Waals surface area (Å²) < 4.78 is 16.7. The lowest BCUT2D eigenvalue weighted by atomic mass is 9.90. The lowest BCUT2D eigenvalue weighted by molar-refractivity contribution is 0.0145. The summed E-state index contributed by atoms with van der Waals surface area (Å²) in [6.45, 7) is 17.4. The summed E-state index contributed by atoms with van der Waals surface area (Å²) in [4.78, 5) is 0. The van der Waals surface area contributed by atoms with Gasteiger partial charge in [0, 0.05) is 109 Å². The van der Waals surface area contributed by atoms with Gasteiger partial charge in [0.15, 0.2) is 5.11 Å². The fraction of sp³-hybridized carbons (Fsp3) is 0.926. The number of rotatable bonds is 15. The Bertz CT molecular complexity index is 674. The Balaban J connectivity index is 1.66. The molecule has 3 aliphatic rings. The first-order chi connectivity index (χ1) is 20.1. The molecule has 3 fully saturated rings. The number of nitrogens with one attached hydrogen (secondary N) is 8. The van der Waals surface area contributed by atoms with Gasteiger partial charge in [0.2, 0.25) is 0 Å². The number of hydrogen-bond donors (Lipinski definition) is 8. The molecule has 0 aliphatic carbocycles. The van der Waals surface area contributed by atoms with E-state index in [0.29, 0.717) is 44.8 Å². The molecule has 3 rings (SSSR count). The highest BCUT2D eigenvalue weighted by molar-refractivity contribution is 8.03. The molecule has 238 valence electrons. The Hall–Kier alpha value is -0.830. The average molecular weight is 618 g/mol. The van der Waals surface area contributed by atoms with Crippen LogP contribution in [0.4, 0.5) is 0 Å². The minimum absolute atomic E-state index is 0.172. The molecule has 41 heavy (non-hydrogen) atoms. The van der Waals surface area contributed by atoms with Crippen LogP contribution >= 0.6 is 24.0 Å². The quantitative estimate of drug-likeness (QED) is 0.0632. The van der Waals surface area contributed by atoms with Crippen LogP contribution in [-0.2, 0) is 14.2 Å². The van der Waals surface area contributed by atoms with Gasteiger partial charge in [-0.15, -0.1) is 0 Å². The van der Waals surface area contributed by atoms with E-state index in [1.165, 1.54) is 11.8 Å². The molecule has 0 aromatic carbocycles. The van der Waals surface area contributed by atoms with Crippen molar-refractivity contribution in [2.45, 2.75) is 25.3 Å². The van der Waals surface area contributed by atoms with Crippen LogP contribution in [0, 0.1) is 16.1 Å². The Morgan fingerprint density at radius 1 is 0.732 bits per heavy atom. The van der Waals surface area contributed by atoms with E-state index in [9.17, 15) is 0 Å². The van der Waals surface area contributed by atoms with E-state index in [1.807, 2.05) is 0 Å². The van der Waals surface area contributed by atoms with Crippen LogP contribution < -0.4 is 42.5 Å².